The number of halogens is 6. The lowest BCUT2D eigenvalue weighted by molar-refractivity contribution is -0.144. The molecule has 0 aromatic heterocycles. The van der Waals surface area contributed by atoms with E-state index in [9.17, 15) is 40.7 Å². The largest absolute Gasteiger partial charge is 0.497 e. The lowest BCUT2D eigenvalue weighted by Gasteiger charge is -2.27. The van der Waals surface area contributed by atoms with Gasteiger partial charge in [-0.2, -0.15) is 26.3 Å². The molecule has 0 fully saturated rings. The lowest BCUT2D eigenvalue weighted by Crippen LogP contribution is -2.51. The van der Waals surface area contributed by atoms with Gasteiger partial charge in [0.2, 0.25) is 18.0 Å². The number of hydrogen-bond donors (Lipinski definition) is 2. The van der Waals surface area contributed by atoms with Gasteiger partial charge in [0.25, 0.3) is 5.91 Å². The molecule has 1 heterocycles. The van der Waals surface area contributed by atoms with E-state index in [1.54, 1.807) is 30.3 Å². The van der Waals surface area contributed by atoms with E-state index in [4.69, 9.17) is 10.5 Å². The van der Waals surface area contributed by atoms with E-state index in [1.165, 1.54) is 25.3 Å². The number of anilines is 1. The number of hydrogen-bond acceptors (Lipinski definition) is 5. The molecule has 14 heteroatoms. The van der Waals surface area contributed by atoms with Gasteiger partial charge in [-0.1, -0.05) is 30.3 Å². The maximum Gasteiger partial charge on any atom is 0.406 e. The van der Waals surface area contributed by atoms with Gasteiger partial charge in [-0.15, -0.1) is 0 Å². The van der Waals surface area contributed by atoms with Crippen LogP contribution in [0.1, 0.15) is 30.4 Å². The Morgan fingerprint density at radius 3 is 2.31 bits per heavy atom. The molecule has 0 bridgehead atoms. The summed E-state index contributed by atoms with van der Waals surface area (Å²) in [6.45, 7) is -1.74. The molecule has 2 atom stereocenters. The molecule has 2 aromatic carbocycles. The molecular weight excluding hydrogens is 534 g/mol. The van der Waals surface area contributed by atoms with Crippen molar-refractivity contribution in [3.63, 3.8) is 0 Å². The Kier molecular flexibility index (Phi) is 8.87. The number of benzene rings is 2. The summed E-state index contributed by atoms with van der Waals surface area (Å²) in [5.41, 5.74) is 5.39. The molecule has 2 unspecified atom stereocenters. The highest BCUT2D eigenvalue weighted by atomic mass is 19.4. The highest BCUT2D eigenvalue weighted by Crippen LogP contribution is 2.34. The van der Waals surface area contributed by atoms with E-state index >= 15 is 0 Å². The second-order valence-electron chi connectivity index (χ2n) is 8.70. The molecule has 39 heavy (non-hydrogen) atoms. The highest BCUT2D eigenvalue weighted by molar-refractivity contribution is 6.20. The smallest absolute Gasteiger partial charge is 0.406 e. The number of methoxy groups -OCH3 is 1. The monoisotopic (exact) mass is 558 g/mol. The number of fused-ring (bicyclic) bond motifs is 1. The van der Waals surface area contributed by atoms with Gasteiger partial charge in [0.05, 0.1) is 18.5 Å². The van der Waals surface area contributed by atoms with Gasteiger partial charge in [-0.25, -0.2) is 4.99 Å². The molecule has 2 aromatic rings. The first kappa shape index (κ1) is 29.5. The predicted octanol–water partition coefficient (Wildman–Crippen LogP) is 3.72. The zero-order chi connectivity index (χ0) is 29.0. The van der Waals surface area contributed by atoms with Crippen LogP contribution in [-0.4, -0.2) is 55.6 Å². The van der Waals surface area contributed by atoms with Crippen molar-refractivity contribution >= 4 is 29.1 Å². The summed E-state index contributed by atoms with van der Waals surface area (Å²) < 4.78 is 84.3. The standard InChI is InChI=1S/C25H24F6N4O4/c1-39-16-7-8-18-17(12-16)20(14-5-3-2-4-6-14)33-21(23(38)35(18)13-25(29,30)31)34-22(37)15(11-19(32)36)9-10-24(26,27)28/h2-8,12,15,21H,9-11,13H2,1H3,(H2,32,36)(H,34,37). The van der Waals surface area contributed by atoms with Gasteiger partial charge in [-0.3, -0.25) is 19.3 Å². The number of rotatable bonds is 9. The van der Waals surface area contributed by atoms with Crippen LogP contribution in [0, 0.1) is 5.92 Å². The van der Waals surface area contributed by atoms with Gasteiger partial charge >= 0.3 is 12.4 Å². The van der Waals surface area contributed by atoms with Crippen molar-refractivity contribution in [3.05, 3.63) is 59.7 Å². The average molecular weight is 558 g/mol. The first-order chi connectivity index (χ1) is 18.2. The van der Waals surface area contributed by atoms with Gasteiger partial charge < -0.3 is 15.8 Å². The van der Waals surface area contributed by atoms with Gasteiger partial charge in [0.15, 0.2) is 0 Å². The van der Waals surface area contributed by atoms with Crippen molar-refractivity contribution < 1.29 is 45.5 Å². The third-order valence-electron chi connectivity index (χ3n) is 5.77. The topological polar surface area (TPSA) is 114 Å². The first-order valence-corrected chi connectivity index (χ1v) is 11.5. The van der Waals surface area contributed by atoms with E-state index in [0.717, 1.165) is 0 Å². The fraction of sp³-hybridized carbons (Fsp3) is 0.360. The van der Waals surface area contributed by atoms with Crippen molar-refractivity contribution in [2.45, 2.75) is 37.8 Å². The van der Waals surface area contributed by atoms with Crippen molar-refractivity contribution in [1.29, 1.82) is 0 Å². The molecule has 0 spiro atoms. The minimum atomic E-state index is -4.86. The minimum absolute atomic E-state index is 0.0227. The minimum Gasteiger partial charge on any atom is -0.497 e. The molecular formula is C25H24F6N4O4. The Balaban J connectivity index is 2.12. The molecule has 3 N–H and O–H groups in total. The normalized spacial score (nSPS) is 16.6. The van der Waals surface area contributed by atoms with Crippen LogP contribution in [0.25, 0.3) is 0 Å². The molecule has 3 rings (SSSR count). The molecule has 0 aliphatic carbocycles. The summed E-state index contributed by atoms with van der Waals surface area (Å²) in [6.07, 6.45) is -14.5. The van der Waals surface area contributed by atoms with E-state index in [1.807, 2.05) is 0 Å². The molecule has 1 aliphatic heterocycles. The van der Waals surface area contributed by atoms with Crippen molar-refractivity contribution in [2.75, 3.05) is 18.6 Å². The van der Waals surface area contributed by atoms with Crippen LogP contribution in [0.2, 0.25) is 0 Å². The predicted molar refractivity (Wildman–Crippen MR) is 128 cm³/mol. The summed E-state index contributed by atoms with van der Waals surface area (Å²) in [5, 5.41) is 2.14. The SMILES string of the molecule is COc1ccc2c(c1)C(c1ccccc1)=NC(NC(=O)C(CCC(F)(F)F)CC(N)=O)C(=O)N2CC(F)(F)F. The Morgan fingerprint density at radius 1 is 1.08 bits per heavy atom. The Morgan fingerprint density at radius 2 is 1.74 bits per heavy atom. The third kappa shape index (κ3) is 7.94. The fourth-order valence-electron chi connectivity index (χ4n) is 4.01. The fourth-order valence-corrected chi connectivity index (χ4v) is 4.01. The van der Waals surface area contributed by atoms with E-state index < -0.39 is 68.0 Å². The van der Waals surface area contributed by atoms with Crippen LogP contribution in [0.4, 0.5) is 32.0 Å². The molecule has 0 radical (unpaired) electrons. The number of benzodiazepines with no additional fused rings is 1. The summed E-state index contributed by atoms with van der Waals surface area (Å²) >= 11 is 0. The Bertz CT molecular complexity index is 1250. The van der Waals surface area contributed by atoms with Crippen LogP contribution in [-0.2, 0) is 14.4 Å². The number of carbonyl (C=O) groups excluding carboxylic acids is 3. The third-order valence-corrected chi connectivity index (χ3v) is 5.77. The van der Waals surface area contributed by atoms with Gasteiger partial charge in [0.1, 0.15) is 12.3 Å². The van der Waals surface area contributed by atoms with Gasteiger partial charge in [0, 0.05) is 29.9 Å². The Hall–Kier alpha value is -4.10. The van der Waals surface area contributed by atoms with Crippen molar-refractivity contribution in [2.24, 2.45) is 16.6 Å². The molecule has 1 aliphatic rings. The number of nitrogens with one attached hydrogen (secondary N) is 1. The Labute approximate surface area is 218 Å². The number of nitrogens with two attached hydrogens (primary N) is 1. The van der Waals surface area contributed by atoms with E-state index in [-0.39, 0.29) is 22.7 Å². The number of ether oxygens (including phenoxy) is 1. The number of carbonyl (C=O) groups is 3. The van der Waals surface area contributed by atoms with Crippen LogP contribution < -0.4 is 20.7 Å². The van der Waals surface area contributed by atoms with Crippen LogP contribution in [0.5, 0.6) is 5.75 Å². The number of aliphatic imine (C=N–C) groups is 1. The van der Waals surface area contributed by atoms with Crippen LogP contribution >= 0.6 is 0 Å². The van der Waals surface area contributed by atoms with Crippen LogP contribution in [0.15, 0.2) is 53.5 Å². The quantitative estimate of drug-likeness (QED) is 0.457. The molecule has 3 amide bonds. The lowest BCUT2D eigenvalue weighted by atomic mass is 9.97. The summed E-state index contributed by atoms with van der Waals surface area (Å²) in [6, 6.07) is 12.0. The second-order valence-corrected chi connectivity index (χ2v) is 8.70. The molecule has 8 nitrogen and oxygen atoms in total. The van der Waals surface area contributed by atoms with Gasteiger partial charge in [-0.05, 0) is 24.6 Å². The van der Waals surface area contributed by atoms with Crippen molar-refractivity contribution in [3.8, 4) is 5.75 Å². The highest BCUT2D eigenvalue weighted by Gasteiger charge is 2.41. The zero-order valence-corrected chi connectivity index (χ0v) is 20.5. The molecule has 0 saturated carbocycles. The molecule has 210 valence electrons. The van der Waals surface area contributed by atoms with Crippen molar-refractivity contribution in [1.82, 2.24) is 5.32 Å². The molecule has 0 saturated heterocycles. The average Bonchev–Trinajstić information content (AvgIpc) is 2.95. The maximum atomic E-state index is 13.6. The maximum absolute atomic E-state index is 13.6. The zero-order valence-electron chi connectivity index (χ0n) is 20.5. The van der Waals surface area contributed by atoms with E-state index in [0.29, 0.717) is 10.5 Å². The number of alkyl halides is 6. The summed E-state index contributed by atoms with van der Waals surface area (Å²) in [4.78, 5) is 42.5. The number of amides is 3. The second kappa shape index (κ2) is 11.7. The van der Waals surface area contributed by atoms with E-state index in [2.05, 4.69) is 10.3 Å². The number of primary amides is 1. The number of nitrogens with zero attached hydrogens (tertiary/aromatic N) is 2. The van der Waals surface area contributed by atoms with Crippen LogP contribution in [0.3, 0.4) is 0 Å². The summed E-state index contributed by atoms with van der Waals surface area (Å²) in [7, 11) is 1.33. The summed E-state index contributed by atoms with van der Waals surface area (Å²) in [5.74, 6) is -4.91. The first-order valence-electron chi connectivity index (χ1n) is 11.5.